The second kappa shape index (κ2) is 6.21. The van der Waals surface area contributed by atoms with Gasteiger partial charge in [0.1, 0.15) is 0 Å². The van der Waals surface area contributed by atoms with E-state index in [4.69, 9.17) is 0 Å². The molecule has 0 saturated heterocycles. The Kier molecular flexibility index (Phi) is 4.61. The summed E-state index contributed by atoms with van der Waals surface area (Å²) >= 11 is 0. The molecule has 1 atom stereocenters. The zero-order valence-electron chi connectivity index (χ0n) is 11.7. The summed E-state index contributed by atoms with van der Waals surface area (Å²) in [5.41, 5.74) is 2.60. The van der Waals surface area contributed by atoms with Crippen LogP contribution in [0.15, 0.2) is 24.3 Å². The van der Waals surface area contributed by atoms with Gasteiger partial charge in [-0.05, 0) is 37.5 Å². The molecule has 0 amide bonds. The number of anilines is 1. The Morgan fingerprint density at radius 1 is 1.22 bits per heavy atom. The Hall–Kier alpha value is -1.06. The summed E-state index contributed by atoms with van der Waals surface area (Å²) in [6.45, 7) is 4.26. The molecule has 1 aromatic carbocycles. The minimum atomic E-state index is 0.527. The van der Waals surface area contributed by atoms with Crippen LogP contribution in [-0.4, -0.2) is 32.7 Å². The highest BCUT2D eigenvalue weighted by Gasteiger charge is 2.20. The molecule has 1 unspecified atom stereocenters. The summed E-state index contributed by atoms with van der Waals surface area (Å²) in [7, 11) is 4.14. The van der Waals surface area contributed by atoms with E-state index >= 15 is 0 Å². The van der Waals surface area contributed by atoms with Crippen molar-refractivity contribution in [2.75, 3.05) is 25.5 Å². The quantitative estimate of drug-likeness (QED) is 0.771. The number of benzene rings is 1. The van der Waals surface area contributed by atoms with Crippen molar-refractivity contribution in [3.05, 3.63) is 29.8 Å². The van der Waals surface area contributed by atoms with E-state index in [0.29, 0.717) is 6.04 Å². The van der Waals surface area contributed by atoms with Gasteiger partial charge >= 0.3 is 0 Å². The van der Waals surface area contributed by atoms with Crippen LogP contribution in [-0.2, 0) is 6.54 Å². The van der Waals surface area contributed by atoms with Crippen LogP contribution >= 0.6 is 0 Å². The number of nitrogens with zero attached hydrogens (tertiary/aromatic N) is 1. The first-order valence-electron chi connectivity index (χ1n) is 6.88. The molecular weight excluding hydrogens is 222 g/mol. The van der Waals surface area contributed by atoms with Gasteiger partial charge in [-0.25, -0.2) is 0 Å². The lowest BCUT2D eigenvalue weighted by atomic mass is 10.2. The lowest BCUT2D eigenvalue weighted by Crippen LogP contribution is -2.36. The molecule has 0 bridgehead atoms. The van der Waals surface area contributed by atoms with Crippen molar-refractivity contribution >= 4 is 5.69 Å². The maximum atomic E-state index is 3.55. The normalized spacial score (nSPS) is 16.6. The fourth-order valence-electron chi connectivity index (χ4n) is 1.91. The van der Waals surface area contributed by atoms with Crippen LogP contribution in [0.1, 0.15) is 25.3 Å². The van der Waals surface area contributed by atoms with Gasteiger partial charge in [0.25, 0.3) is 0 Å². The van der Waals surface area contributed by atoms with Gasteiger partial charge in [0.05, 0.1) is 0 Å². The fraction of sp³-hybridized carbons (Fsp3) is 0.600. The number of rotatable bonds is 7. The smallest absolute Gasteiger partial charge is 0.0361 e. The van der Waals surface area contributed by atoms with E-state index in [2.05, 4.69) is 60.8 Å². The second-order valence-electron chi connectivity index (χ2n) is 5.53. The zero-order valence-corrected chi connectivity index (χ0v) is 11.7. The van der Waals surface area contributed by atoms with E-state index in [1.165, 1.54) is 24.1 Å². The van der Waals surface area contributed by atoms with Crippen molar-refractivity contribution in [3.8, 4) is 0 Å². The first-order valence-corrected chi connectivity index (χ1v) is 6.88. The van der Waals surface area contributed by atoms with E-state index in [1.54, 1.807) is 0 Å². The van der Waals surface area contributed by atoms with Crippen molar-refractivity contribution in [2.24, 2.45) is 0 Å². The molecule has 100 valence electrons. The van der Waals surface area contributed by atoms with Gasteiger partial charge < -0.3 is 15.5 Å². The van der Waals surface area contributed by atoms with Crippen LogP contribution in [0, 0.1) is 0 Å². The summed E-state index contributed by atoms with van der Waals surface area (Å²) in [5.74, 6) is 0. The van der Waals surface area contributed by atoms with E-state index in [-0.39, 0.29) is 0 Å². The minimum Gasteiger partial charge on any atom is -0.378 e. The van der Waals surface area contributed by atoms with Crippen LogP contribution in [0.4, 0.5) is 5.69 Å². The second-order valence-corrected chi connectivity index (χ2v) is 5.53. The monoisotopic (exact) mass is 247 g/mol. The molecule has 1 fully saturated rings. The van der Waals surface area contributed by atoms with E-state index in [1.807, 2.05) is 0 Å². The van der Waals surface area contributed by atoms with Crippen molar-refractivity contribution in [1.29, 1.82) is 0 Å². The third-order valence-corrected chi connectivity index (χ3v) is 3.40. The molecular formula is C15H25N3. The molecule has 1 aliphatic rings. The predicted octanol–water partition coefficient (Wildman–Crippen LogP) is 1.98. The Balaban J connectivity index is 1.71. The average Bonchev–Trinajstić information content (AvgIpc) is 3.18. The Morgan fingerprint density at radius 2 is 1.89 bits per heavy atom. The Labute approximate surface area is 111 Å². The molecule has 1 aromatic rings. The van der Waals surface area contributed by atoms with Crippen LogP contribution in [0.3, 0.4) is 0 Å². The van der Waals surface area contributed by atoms with Crippen LogP contribution in [0.5, 0.6) is 0 Å². The molecule has 0 aliphatic heterocycles. The van der Waals surface area contributed by atoms with E-state index < -0.39 is 0 Å². The van der Waals surface area contributed by atoms with Gasteiger partial charge in [0.2, 0.25) is 0 Å². The van der Waals surface area contributed by atoms with E-state index in [0.717, 1.165) is 19.1 Å². The molecule has 2 rings (SSSR count). The van der Waals surface area contributed by atoms with Gasteiger partial charge in [-0.15, -0.1) is 0 Å². The topological polar surface area (TPSA) is 27.3 Å². The summed E-state index contributed by atoms with van der Waals surface area (Å²) in [6.07, 6.45) is 2.72. The van der Waals surface area contributed by atoms with Crippen molar-refractivity contribution in [1.82, 2.24) is 10.6 Å². The fourth-order valence-corrected chi connectivity index (χ4v) is 1.91. The molecule has 18 heavy (non-hydrogen) atoms. The lowest BCUT2D eigenvalue weighted by Gasteiger charge is -2.16. The summed E-state index contributed by atoms with van der Waals surface area (Å²) < 4.78 is 0. The standard InChI is InChI=1S/C15H25N3/c1-12(10-17-14-6-7-14)16-11-13-4-8-15(9-5-13)18(2)3/h4-5,8-9,12,14,16-17H,6-7,10-11H2,1-3H3. The molecule has 3 nitrogen and oxygen atoms in total. The first-order chi connectivity index (χ1) is 8.65. The highest BCUT2D eigenvalue weighted by atomic mass is 15.1. The summed E-state index contributed by atoms with van der Waals surface area (Å²) in [6, 6.07) is 10.1. The molecule has 0 heterocycles. The van der Waals surface area contributed by atoms with Crippen LogP contribution in [0.25, 0.3) is 0 Å². The molecule has 1 aliphatic carbocycles. The van der Waals surface area contributed by atoms with Gasteiger partial charge in [-0.1, -0.05) is 12.1 Å². The van der Waals surface area contributed by atoms with Gasteiger partial charge in [-0.3, -0.25) is 0 Å². The maximum Gasteiger partial charge on any atom is 0.0361 e. The summed E-state index contributed by atoms with van der Waals surface area (Å²) in [4.78, 5) is 2.12. The Bertz CT molecular complexity index is 355. The van der Waals surface area contributed by atoms with Crippen LogP contribution < -0.4 is 15.5 Å². The number of hydrogen-bond acceptors (Lipinski definition) is 3. The highest BCUT2D eigenvalue weighted by Crippen LogP contribution is 2.18. The maximum absolute atomic E-state index is 3.55. The van der Waals surface area contributed by atoms with Crippen molar-refractivity contribution in [3.63, 3.8) is 0 Å². The van der Waals surface area contributed by atoms with Gasteiger partial charge in [0.15, 0.2) is 0 Å². The van der Waals surface area contributed by atoms with Gasteiger partial charge in [-0.2, -0.15) is 0 Å². The average molecular weight is 247 g/mol. The SMILES string of the molecule is CC(CNC1CC1)NCc1ccc(N(C)C)cc1. The molecule has 0 radical (unpaired) electrons. The van der Waals surface area contributed by atoms with E-state index in [9.17, 15) is 0 Å². The molecule has 1 saturated carbocycles. The number of hydrogen-bond donors (Lipinski definition) is 2. The molecule has 0 aromatic heterocycles. The van der Waals surface area contributed by atoms with Gasteiger partial charge in [0, 0.05) is 45.0 Å². The van der Waals surface area contributed by atoms with Crippen molar-refractivity contribution in [2.45, 2.75) is 38.4 Å². The molecule has 0 spiro atoms. The zero-order chi connectivity index (χ0) is 13.0. The van der Waals surface area contributed by atoms with Crippen LogP contribution in [0.2, 0.25) is 0 Å². The minimum absolute atomic E-state index is 0.527. The summed E-state index contributed by atoms with van der Waals surface area (Å²) in [5, 5.41) is 7.10. The predicted molar refractivity (Wildman–Crippen MR) is 78.1 cm³/mol. The third kappa shape index (κ3) is 4.31. The number of nitrogens with one attached hydrogen (secondary N) is 2. The third-order valence-electron chi connectivity index (χ3n) is 3.40. The largest absolute Gasteiger partial charge is 0.378 e. The van der Waals surface area contributed by atoms with Crippen molar-refractivity contribution < 1.29 is 0 Å². The molecule has 2 N–H and O–H groups in total. The Morgan fingerprint density at radius 3 is 2.44 bits per heavy atom. The lowest BCUT2D eigenvalue weighted by molar-refractivity contribution is 0.500. The molecule has 3 heteroatoms. The highest BCUT2D eigenvalue weighted by molar-refractivity contribution is 5.45. The first kappa shape index (κ1) is 13.4.